The van der Waals surface area contributed by atoms with E-state index in [9.17, 15) is 9.59 Å². The summed E-state index contributed by atoms with van der Waals surface area (Å²) in [6, 6.07) is 21.1. The van der Waals surface area contributed by atoms with Gasteiger partial charge in [-0.25, -0.2) is 0 Å². The Balaban J connectivity index is 1.72. The van der Waals surface area contributed by atoms with E-state index in [0.717, 1.165) is 27.5 Å². The highest BCUT2D eigenvalue weighted by molar-refractivity contribution is 6.31. The number of carbonyl (C=O) groups is 2. The fraction of sp³-hybridized carbons (Fsp3) is 0.179. The van der Waals surface area contributed by atoms with Gasteiger partial charge in [-0.2, -0.15) is 0 Å². The van der Waals surface area contributed by atoms with E-state index in [1.54, 1.807) is 19.4 Å². The molecular formula is C28H25N3O3. The summed E-state index contributed by atoms with van der Waals surface area (Å²) in [5.74, 6) is 0.227. The Morgan fingerprint density at radius 2 is 1.65 bits per heavy atom. The van der Waals surface area contributed by atoms with Crippen LogP contribution in [0.4, 0.5) is 5.69 Å². The number of methoxy groups -OCH3 is 1. The molecule has 34 heavy (non-hydrogen) atoms. The summed E-state index contributed by atoms with van der Waals surface area (Å²) < 4.78 is 5.31. The molecule has 0 N–H and O–H groups in total. The molecule has 0 bridgehead atoms. The van der Waals surface area contributed by atoms with Crippen LogP contribution in [0.5, 0.6) is 5.75 Å². The zero-order valence-corrected chi connectivity index (χ0v) is 19.4. The number of hydrogen-bond acceptors (Lipinski definition) is 5. The van der Waals surface area contributed by atoms with Crippen molar-refractivity contribution in [2.75, 3.05) is 34.3 Å². The molecule has 170 valence electrons. The van der Waals surface area contributed by atoms with Crippen LogP contribution in [-0.4, -0.2) is 62.1 Å². The number of hydrogen-bond donors (Lipinski definition) is 0. The molecule has 1 heterocycles. The third-order valence-electron chi connectivity index (χ3n) is 6.13. The molecule has 0 saturated heterocycles. The molecule has 4 aromatic rings. The van der Waals surface area contributed by atoms with Crippen LogP contribution in [0.25, 0.3) is 21.5 Å². The normalized spacial score (nSPS) is 13.6. The minimum Gasteiger partial charge on any atom is -0.497 e. The lowest BCUT2D eigenvalue weighted by Gasteiger charge is -2.29. The van der Waals surface area contributed by atoms with Crippen molar-refractivity contribution >= 4 is 45.3 Å². The minimum absolute atomic E-state index is 0.248. The predicted molar refractivity (Wildman–Crippen MR) is 136 cm³/mol. The van der Waals surface area contributed by atoms with E-state index in [2.05, 4.69) is 0 Å². The van der Waals surface area contributed by atoms with E-state index in [1.807, 2.05) is 79.7 Å². The van der Waals surface area contributed by atoms with Crippen LogP contribution in [0.1, 0.15) is 26.3 Å². The topological polar surface area (TPSA) is 62.2 Å². The number of aliphatic imine (C=N–C) groups is 1. The van der Waals surface area contributed by atoms with E-state index in [0.29, 0.717) is 35.3 Å². The second-order valence-electron chi connectivity index (χ2n) is 8.63. The van der Waals surface area contributed by atoms with Gasteiger partial charge in [-0.3, -0.25) is 19.5 Å². The van der Waals surface area contributed by atoms with E-state index in [-0.39, 0.29) is 11.8 Å². The van der Waals surface area contributed by atoms with Crippen LogP contribution in [0.2, 0.25) is 0 Å². The molecule has 0 unspecified atom stereocenters. The quantitative estimate of drug-likeness (QED) is 0.237. The summed E-state index contributed by atoms with van der Waals surface area (Å²) >= 11 is 0. The van der Waals surface area contributed by atoms with Gasteiger partial charge in [-0.1, -0.05) is 36.4 Å². The summed E-state index contributed by atoms with van der Waals surface area (Å²) in [7, 11) is 5.48. The fourth-order valence-electron chi connectivity index (χ4n) is 4.45. The van der Waals surface area contributed by atoms with Crippen molar-refractivity contribution in [1.82, 2.24) is 9.80 Å². The summed E-state index contributed by atoms with van der Waals surface area (Å²) in [5.41, 5.74) is 2.67. The van der Waals surface area contributed by atoms with E-state index in [1.165, 1.54) is 4.90 Å². The molecule has 6 nitrogen and oxygen atoms in total. The standard InChI is InChI=1S/C28H25N3O3/c1-30(2)13-14-31-27(32)22-11-5-8-19-16-20-9-6-12-23(25(20)26(24(19)22)28(31)33)29-17-18-7-4-10-21(15-18)34-3/h4-12,15-17H,13-14H2,1-3H3. The van der Waals surface area contributed by atoms with Crippen LogP contribution >= 0.6 is 0 Å². The number of nitrogens with zero attached hydrogens (tertiary/aromatic N) is 3. The van der Waals surface area contributed by atoms with Crippen molar-refractivity contribution in [3.63, 3.8) is 0 Å². The highest BCUT2D eigenvalue weighted by Crippen LogP contribution is 2.39. The average molecular weight is 452 g/mol. The summed E-state index contributed by atoms with van der Waals surface area (Å²) in [4.78, 5) is 35.1. The molecule has 0 aromatic heterocycles. The van der Waals surface area contributed by atoms with Crippen LogP contribution in [0, 0.1) is 0 Å². The second kappa shape index (κ2) is 8.72. The molecule has 0 radical (unpaired) electrons. The number of rotatable bonds is 6. The third kappa shape index (κ3) is 3.72. The zero-order valence-electron chi connectivity index (χ0n) is 19.4. The summed E-state index contributed by atoms with van der Waals surface area (Å²) in [6.07, 6.45) is 1.77. The molecule has 5 rings (SSSR count). The number of imide groups is 1. The number of likely N-dealkylation sites (N-methyl/N-ethyl adjacent to an activating group) is 1. The van der Waals surface area contributed by atoms with Crippen molar-refractivity contribution in [3.05, 3.63) is 83.4 Å². The number of amides is 2. The number of benzene rings is 4. The second-order valence-corrected chi connectivity index (χ2v) is 8.63. The van der Waals surface area contributed by atoms with Gasteiger partial charge < -0.3 is 9.64 Å². The Kier molecular flexibility index (Phi) is 5.59. The van der Waals surface area contributed by atoms with Gasteiger partial charge in [0.25, 0.3) is 11.8 Å². The first-order valence-corrected chi connectivity index (χ1v) is 11.2. The lowest BCUT2D eigenvalue weighted by Crippen LogP contribution is -2.43. The van der Waals surface area contributed by atoms with E-state index < -0.39 is 0 Å². The summed E-state index contributed by atoms with van der Waals surface area (Å²) in [5, 5.41) is 3.25. The molecule has 4 aromatic carbocycles. The molecule has 0 spiro atoms. The van der Waals surface area contributed by atoms with Crippen molar-refractivity contribution in [2.24, 2.45) is 4.99 Å². The SMILES string of the molecule is COc1cccc(C=Nc2cccc3cc4cccc5c4c(c23)C(=O)N(CCN(C)C)C5=O)c1. The Bertz CT molecular complexity index is 1470. The fourth-order valence-corrected chi connectivity index (χ4v) is 4.45. The number of ether oxygens (including phenoxy) is 1. The van der Waals surface area contributed by atoms with Crippen molar-refractivity contribution in [3.8, 4) is 5.75 Å². The maximum atomic E-state index is 13.8. The molecular weight excluding hydrogens is 426 g/mol. The van der Waals surface area contributed by atoms with Gasteiger partial charge in [0.15, 0.2) is 0 Å². The lowest BCUT2D eigenvalue weighted by atomic mass is 9.89. The van der Waals surface area contributed by atoms with Crippen molar-refractivity contribution in [1.29, 1.82) is 0 Å². The van der Waals surface area contributed by atoms with Gasteiger partial charge in [0.1, 0.15) is 5.75 Å². The van der Waals surface area contributed by atoms with Gasteiger partial charge in [0.05, 0.1) is 18.4 Å². The Morgan fingerprint density at radius 3 is 2.41 bits per heavy atom. The third-order valence-corrected chi connectivity index (χ3v) is 6.13. The average Bonchev–Trinajstić information content (AvgIpc) is 2.84. The number of carbonyl (C=O) groups excluding carboxylic acids is 2. The smallest absolute Gasteiger partial charge is 0.262 e. The Morgan fingerprint density at radius 1 is 0.912 bits per heavy atom. The molecule has 0 fully saturated rings. The maximum absolute atomic E-state index is 13.8. The van der Waals surface area contributed by atoms with Gasteiger partial charge in [-0.05, 0) is 60.8 Å². The highest BCUT2D eigenvalue weighted by Gasteiger charge is 2.34. The first-order valence-electron chi connectivity index (χ1n) is 11.2. The molecule has 2 amide bonds. The van der Waals surface area contributed by atoms with Gasteiger partial charge in [0.2, 0.25) is 0 Å². The molecule has 0 saturated carbocycles. The number of fused-ring (bicyclic) bond motifs is 2. The first-order chi connectivity index (χ1) is 16.5. The Labute approximate surface area is 198 Å². The van der Waals surface area contributed by atoms with E-state index >= 15 is 0 Å². The zero-order chi connectivity index (χ0) is 23.8. The van der Waals surface area contributed by atoms with Gasteiger partial charge in [0, 0.05) is 35.6 Å². The van der Waals surface area contributed by atoms with E-state index in [4.69, 9.17) is 9.73 Å². The van der Waals surface area contributed by atoms with Crippen LogP contribution in [0.15, 0.2) is 71.7 Å². The Hall–Kier alpha value is -4.03. The highest BCUT2D eigenvalue weighted by atomic mass is 16.5. The largest absolute Gasteiger partial charge is 0.497 e. The maximum Gasteiger partial charge on any atom is 0.262 e. The minimum atomic E-state index is -0.273. The first kappa shape index (κ1) is 21.8. The summed E-state index contributed by atoms with van der Waals surface area (Å²) in [6.45, 7) is 0.917. The molecule has 6 heteroatoms. The van der Waals surface area contributed by atoms with Crippen LogP contribution in [-0.2, 0) is 0 Å². The molecule has 1 aliphatic rings. The van der Waals surface area contributed by atoms with Crippen molar-refractivity contribution in [2.45, 2.75) is 0 Å². The van der Waals surface area contributed by atoms with Gasteiger partial charge in [-0.15, -0.1) is 0 Å². The molecule has 0 atom stereocenters. The van der Waals surface area contributed by atoms with Crippen LogP contribution < -0.4 is 4.74 Å². The van der Waals surface area contributed by atoms with Crippen LogP contribution in [0.3, 0.4) is 0 Å². The monoisotopic (exact) mass is 451 g/mol. The molecule has 0 aliphatic carbocycles. The van der Waals surface area contributed by atoms with Crippen molar-refractivity contribution < 1.29 is 14.3 Å². The molecule has 1 aliphatic heterocycles. The lowest BCUT2D eigenvalue weighted by molar-refractivity contribution is 0.0602. The van der Waals surface area contributed by atoms with Gasteiger partial charge >= 0.3 is 0 Å². The predicted octanol–water partition coefficient (Wildman–Crippen LogP) is 4.91.